The Morgan fingerprint density at radius 1 is 0.900 bits per heavy atom. The molecular weight excluding hydrogens is 506 g/mol. The molecular formula is C31H35N5O4. The van der Waals surface area contributed by atoms with Gasteiger partial charge in [0.25, 0.3) is 5.91 Å². The number of carbonyl (C=O) groups excluding carboxylic acids is 3. The van der Waals surface area contributed by atoms with Crippen LogP contribution in [0.1, 0.15) is 36.0 Å². The number of amides is 3. The molecule has 3 aromatic rings. The molecule has 0 unspecified atom stereocenters. The third kappa shape index (κ3) is 6.48. The Labute approximate surface area is 234 Å². The van der Waals surface area contributed by atoms with Crippen LogP contribution >= 0.6 is 0 Å². The Hall–Kier alpha value is -4.66. The molecule has 208 valence electrons. The van der Waals surface area contributed by atoms with E-state index in [-0.39, 0.29) is 17.8 Å². The van der Waals surface area contributed by atoms with Crippen molar-refractivity contribution in [3.63, 3.8) is 0 Å². The number of ether oxygens (including phenoxy) is 1. The maximum Gasteiger partial charge on any atom is 0.407 e. The zero-order valence-electron chi connectivity index (χ0n) is 22.6. The van der Waals surface area contributed by atoms with Crippen molar-refractivity contribution < 1.29 is 19.1 Å². The summed E-state index contributed by atoms with van der Waals surface area (Å²) in [5.41, 5.74) is 7.56. The zero-order chi connectivity index (χ0) is 28.4. The first-order valence-corrected chi connectivity index (χ1v) is 13.4. The van der Waals surface area contributed by atoms with Crippen LogP contribution in [0.4, 0.5) is 4.79 Å². The van der Waals surface area contributed by atoms with Gasteiger partial charge in [-0.3, -0.25) is 14.5 Å². The molecule has 0 aromatic heterocycles. The number of nitrogens with zero attached hydrogens (tertiary/aromatic N) is 2. The number of nitrogens with two attached hydrogens (primary N) is 1. The van der Waals surface area contributed by atoms with Crippen molar-refractivity contribution in [1.82, 2.24) is 15.5 Å². The Morgan fingerprint density at radius 3 is 2.05 bits per heavy atom. The molecule has 4 rings (SSSR count). The van der Waals surface area contributed by atoms with Crippen LogP contribution in [0.3, 0.4) is 0 Å². The minimum absolute atomic E-state index is 0.173. The van der Waals surface area contributed by atoms with Crippen LogP contribution in [0.25, 0.3) is 0 Å². The number of nitrogens with one attached hydrogen (secondary N) is 2. The molecule has 0 fully saturated rings. The normalized spacial score (nSPS) is 14.8. The fraction of sp³-hybridized carbons (Fsp3) is 0.290. The van der Waals surface area contributed by atoms with Crippen LogP contribution in [-0.2, 0) is 26.3 Å². The van der Waals surface area contributed by atoms with Crippen LogP contribution in [0, 0.1) is 0 Å². The molecule has 1 aliphatic rings. The molecule has 3 amide bonds. The Balaban J connectivity index is 1.30. The Morgan fingerprint density at radius 2 is 1.48 bits per heavy atom. The van der Waals surface area contributed by atoms with E-state index in [0.29, 0.717) is 32.4 Å². The van der Waals surface area contributed by atoms with E-state index < -0.39 is 17.7 Å². The summed E-state index contributed by atoms with van der Waals surface area (Å²) >= 11 is 0. The first-order valence-electron chi connectivity index (χ1n) is 13.4. The molecule has 0 radical (unpaired) electrons. The van der Waals surface area contributed by atoms with Gasteiger partial charge in [0.05, 0.1) is 7.11 Å². The van der Waals surface area contributed by atoms with Gasteiger partial charge < -0.3 is 21.1 Å². The topological polar surface area (TPSA) is 126 Å². The molecule has 3 aromatic carbocycles. The molecule has 1 aliphatic heterocycles. The Bertz CT molecular complexity index is 1280. The van der Waals surface area contributed by atoms with Gasteiger partial charge in [-0.15, -0.1) is 0 Å². The van der Waals surface area contributed by atoms with Gasteiger partial charge in [0.1, 0.15) is 6.04 Å². The van der Waals surface area contributed by atoms with Gasteiger partial charge in [0.15, 0.2) is 11.5 Å². The molecule has 4 N–H and O–H groups in total. The molecule has 9 heteroatoms. The summed E-state index contributed by atoms with van der Waals surface area (Å²) in [6.45, 7) is 0.854. The molecule has 1 heterocycles. The van der Waals surface area contributed by atoms with Gasteiger partial charge in [-0.2, -0.15) is 0 Å². The second-order valence-corrected chi connectivity index (χ2v) is 9.60. The lowest BCUT2D eigenvalue weighted by Gasteiger charge is -2.27. The highest BCUT2D eigenvalue weighted by atomic mass is 16.5. The third-order valence-corrected chi connectivity index (χ3v) is 6.93. The van der Waals surface area contributed by atoms with Gasteiger partial charge in [0, 0.05) is 19.5 Å². The smallest absolute Gasteiger partial charge is 0.407 e. The van der Waals surface area contributed by atoms with E-state index >= 15 is 0 Å². The maximum atomic E-state index is 13.8. The molecule has 0 saturated heterocycles. The highest BCUT2D eigenvalue weighted by molar-refractivity contribution is 6.09. The summed E-state index contributed by atoms with van der Waals surface area (Å²) in [5.74, 6) is -0.257. The van der Waals surface area contributed by atoms with E-state index in [9.17, 15) is 14.4 Å². The van der Waals surface area contributed by atoms with Crippen LogP contribution in [-0.4, -0.2) is 55.0 Å². The zero-order valence-corrected chi connectivity index (χ0v) is 22.6. The number of aliphatic imine (C=N–C) groups is 1. The van der Waals surface area contributed by atoms with E-state index in [0.717, 1.165) is 23.1 Å². The second kappa shape index (κ2) is 13.4. The van der Waals surface area contributed by atoms with Crippen molar-refractivity contribution >= 4 is 23.9 Å². The summed E-state index contributed by atoms with van der Waals surface area (Å²) in [7, 11) is 1.26. The van der Waals surface area contributed by atoms with Crippen molar-refractivity contribution in [3.8, 4) is 0 Å². The number of hydrogen-bond donors (Lipinski definition) is 3. The quantitative estimate of drug-likeness (QED) is 0.303. The summed E-state index contributed by atoms with van der Waals surface area (Å²) in [5, 5.41) is 5.50. The number of carbonyl (C=O) groups is 3. The van der Waals surface area contributed by atoms with Crippen molar-refractivity contribution in [2.75, 3.05) is 20.2 Å². The summed E-state index contributed by atoms with van der Waals surface area (Å²) in [6.07, 6.45) is 1.83. The first-order chi connectivity index (χ1) is 19.5. The van der Waals surface area contributed by atoms with E-state index in [1.54, 1.807) is 4.90 Å². The van der Waals surface area contributed by atoms with E-state index in [1.165, 1.54) is 7.11 Å². The van der Waals surface area contributed by atoms with E-state index in [1.807, 2.05) is 91.0 Å². The number of methoxy groups -OCH3 is 1. The average molecular weight is 542 g/mol. The van der Waals surface area contributed by atoms with Crippen LogP contribution in [0.2, 0.25) is 0 Å². The highest BCUT2D eigenvalue weighted by Crippen LogP contribution is 2.39. The number of guanidine groups is 1. The molecule has 40 heavy (non-hydrogen) atoms. The summed E-state index contributed by atoms with van der Waals surface area (Å²) < 4.78 is 4.68. The van der Waals surface area contributed by atoms with Crippen LogP contribution in [0.15, 0.2) is 96.0 Å². The molecule has 0 aliphatic carbocycles. The molecule has 0 saturated carbocycles. The number of rotatable bonds is 12. The number of alkyl carbamates (subject to hydrolysis) is 1. The van der Waals surface area contributed by atoms with Crippen LogP contribution in [0.5, 0.6) is 0 Å². The predicted molar refractivity (Wildman–Crippen MR) is 153 cm³/mol. The fourth-order valence-corrected chi connectivity index (χ4v) is 4.86. The number of hydrogen-bond acceptors (Lipinski definition) is 6. The monoisotopic (exact) mass is 541 g/mol. The molecule has 0 spiro atoms. The second-order valence-electron chi connectivity index (χ2n) is 9.60. The minimum Gasteiger partial charge on any atom is -0.453 e. The van der Waals surface area contributed by atoms with Crippen molar-refractivity contribution in [3.05, 3.63) is 108 Å². The van der Waals surface area contributed by atoms with Gasteiger partial charge in [0.2, 0.25) is 5.91 Å². The fourth-order valence-electron chi connectivity index (χ4n) is 4.86. The number of unbranched alkanes of at least 4 members (excludes halogenated alkanes) is 2. The highest BCUT2D eigenvalue weighted by Gasteiger charge is 2.50. The van der Waals surface area contributed by atoms with E-state index in [4.69, 9.17) is 10.7 Å². The average Bonchev–Trinajstić information content (AvgIpc) is 3.25. The third-order valence-electron chi connectivity index (χ3n) is 6.93. The van der Waals surface area contributed by atoms with Gasteiger partial charge >= 0.3 is 6.09 Å². The molecule has 9 nitrogen and oxygen atoms in total. The maximum absolute atomic E-state index is 13.8. The van der Waals surface area contributed by atoms with Crippen molar-refractivity contribution in [1.29, 1.82) is 0 Å². The minimum atomic E-state index is -1.21. The first kappa shape index (κ1) is 28.4. The lowest BCUT2D eigenvalue weighted by Crippen LogP contribution is -2.48. The Kier molecular flexibility index (Phi) is 9.51. The summed E-state index contributed by atoms with van der Waals surface area (Å²) in [4.78, 5) is 44.7. The molecule has 0 bridgehead atoms. The summed E-state index contributed by atoms with van der Waals surface area (Å²) in [6, 6.07) is 27.7. The lowest BCUT2D eigenvalue weighted by molar-refractivity contribution is -0.130. The van der Waals surface area contributed by atoms with Gasteiger partial charge in [-0.05, 0) is 36.0 Å². The van der Waals surface area contributed by atoms with Crippen molar-refractivity contribution in [2.24, 2.45) is 10.7 Å². The SMILES string of the molecule is COC(=O)N[C@@H](Cc1ccccc1)C(=O)NCCCCCN1C(=O)C(c2ccccc2)(c2ccccc2)N=C1N. The van der Waals surface area contributed by atoms with Crippen molar-refractivity contribution in [2.45, 2.75) is 37.3 Å². The van der Waals surface area contributed by atoms with Gasteiger partial charge in [-0.1, -0.05) is 91.0 Å². The standard InChI is InChI=1S/C31H35N5O4/c1-40-30(39)34-26(22-23-14-6-2-7-15-23)27(37)33-20-12-5-13-21-36-28(38)31(35-29(36)32,24-16-8-3-9-17-24)25-18-10-4-11-19-25/h2-4,6-11,14-19,26H,5,12-13,20-22H2,1H3,(H2,32,35)(H,33,37)(H,34,39)/t26-/m0/s1. The van der Waals surface area contributed by atoms with E-state index in [2.05, 4.69) is 15.4 Å². The molecule has 1 atom stereocenters. The largest absolute Gasteiger partial charge is 0.453 e. The number of benzene rings is 3. The predicted octanol–water partition coefficient (Wildman–Crippen LogP) is 3.34. The van der Waals surface area contributed by atoms with Gasteiger partial charge in [-0.25, -0.2) is 9.79 Å². The lowest BCUT2D eigenvalue weighted by atomic mass is 9.83. The van der Waals surface area contributed by atoms with Crippen LogP contribution < -0.4 is 16.4 Å².